The van der Waals surface area contributed by atoms with Gasteiger partial charge in [0.15, 0.2) is 0 Å². The molecule has 0 saturated carbocycles. The van der Waals surface area contributed by atoms with Gasteiger partial charge in [0, 0.05) is 0 Å². The molecule has 3 nitrogen and oxygen atoms in total. The molecule has 1 aromatic rings. The smallest absolute Gasteiger partial charge is 0.129 e. The number of hydrogen-bond acceptors (Lipinski definition) is 3. The van der Waals surface area contributed by atoms with Gasteiger partial charge in [0.2, 0.25) is 0 Å². The Morgan fingerprint density at radius 2 is 2.50 bits per heavy atom. The number of rotatable bonds is 5. The predicted molar refractivity (Wildman–Crippen MR) is 44.7 cm³/mol. The number of hydrogen-bond donors (Lipinski definition) is 1. The summed E-state index contributed by atoms with van der Waals surface area (Å²) in [6, 6.07) is 3.66. The van der Waals surface area contributed by atoms with E-state index in [4.69, 9.17) is 14.3 Å². The highest BCUT2D eigenvalue weighted by Crippen LogP contribution is 2.02. The number of aliphatic hydroxyl groups excluding tert-OH is 1. The minimum absolute atomic E-state index is 0.361. The van der Waals surface area contributed by atoms with Gasteiger partial charge in [0.25, 0.3) is 0 Å². The average molecular weight is 170 g/mol. The molecule has 0 aliphatic carbocycles. The molecule has 1 aromatic heterocycles. The van der Waals surface area contributed by atoms with E-state index in [-0.39, 0.29) is 6.10 Å². The van der Waals surface area contributed by atoms with Crippen LogP contribution in [0.2, 0.25) is 0 Å². The lowest BCUT2D eigenvalue weighted by Crippen LogP contribution is -2.13. The molecule has 1 unspecified atom stereocenters. The van der Waals surface area contributed by atoms with Crippen molar-refractivity contribution in [3.05, 3.63) is 24.2 Å². The first-order valence-corrected chi connectivity index (χ1v) is 4.11. The van der Waals surface area contributed by atoms with E-state index < -0.39 is 0 Å². The van der Waals surface area contributed by atoms with Crippen LogP contribution in [0.4, 0.5) is 0 Å². The minimum Gasteiger partial charge on any atom is -0.467 e. The molecule has 68 valence electrons. The third-order valence-corrected chi connectivity index (χ3v) is 1.61. The lowest BCUT2D eigenvalue weighted by atomic mass is 10.3. The second kappa shape index (κ2) is 4.95. The zero-order valence-electron chi connectivity index (χ0n) is 7.19. The molecule has 1 N–H and O–H groups in total. The summed E-state index contributed by atoms with van der Waals surface area (Å²) < 4.78 is 10.2. The van der Waals surface area contributed by atoms with E-state index in [1.807, 2.05) is 19.1 Å². The highest BCUT2D eigenvalue weighted by atomic mass is 16.5. The van der Waals surface area contributed by atoms with Crippen LogP contribution in [0.15, 0.2) is 22.8 Å². The minimum atomic E-state index is -0.361. The highest BCUT2D eigenvalue weighted by molar-refractivity contribution is 4.95. The SMILES string of the molecule is CCC(O)COCc1ccco1. The van der Waals surface area contributed by atoms with Gasteiger partial charge in [-0.05, 0) is 18.6 Å². The first-order chi connectivity index (χ1) is 5.83. The van der Waals surface area contributed by atoms with E-state index in [1.54, 1.807) is 6.26 Å². The van der Waals surface area contributed by atoms with Crippen LogP contribution in [-0.4, -0.2) is 17.8 Å². The van der Waals surface area contributed by atoms with Crippen molar-refractivity contribution in [1.29, 1.82) is 0 Å². The Kier molecular flexibility index (Phi) is 3.84. The Labute approximate surface area is 72.0 Å². The van der Waals surface area contributed by atoms with Crippen LogP contribution in [0.3, 0.4) is 0 Å². The van der Waals surface area contributed by atoms with Gasteiger partial charge >= 0.3 is 0 Å². The Bertz CT molecular complexity index is 194. The van der Waals surface area contributed by atoms with Crippen molar-refractivity contribution in [2.45, 2.75) is 26.1 Å². The zero-order valence-corrected chi connectivity index (χ0v) is 7.19. The van der Waals surface area contributed by atoms with Crippen molar-refractivity contribution in [2.75, 3.05) is 6.61 Å². The number of furan rings is 1. The van der Waals surface area contributed by atoms with Gasteiger partial charge in [0.1, 0.15) is 12.4 Å². The van der Waals surface area contributed by atoms with E-state index in [0.717, 1.165) is 12.2 Å². The fourth-order valence-electron chi connectivity index (χ4n) is 0.808. The summed E-state index contributed by atoms with van der Waals surface area (Å²) in [7, 11) is 0. The van der Waals surface area contributed by atoms with Crippen molar-refractivity contribution < 1.29 is 14.3 Å². The second-order valence-electron chi connectivity index (χ2n) is 2.66. The molecule has 0 amide bonds. The van der Waals surface area contributed by atoms with Gasteiger partial charge in [-0.25, -0.2) is 0 Å². The Morgan fingerprint density at radius 3 is 3.08 bits per heavy atom. The van der Waals surface area contributed by atoms with Crippen molar-refractivity contribution in [3.8, 4) is 0 Å². The molecule has 0 spiro atoms. The van der Waals surface area contributed by atoms with Gasteiger partial charge in [0.05, 0.1) is 19.0 Å². The van der Waals surface area contributed by atoms with Crippen LogP contribution in [0.5, 0.6) is 0 Å². The number of aliphatic hydroxyl groups is 1. The summed E-state index contributed by atoms with van der Waals surface area (Å²) in [6.45, 7) is 2.72. The highest BCUT2D eigenvalue weighted by Gasteiger charge is 2.01. The molecule has 0 aliphatic rings. The predicted octanol–water partition coefficient (Wildman–Crippen LogP) is 1.57. The summed E-state index contributed by atoms with van der Waals surface area (Å²) in [5.74, 6) is 0.790. The number of ether oxygens (including phenoxy) is 1. The van der Waals surface area contributed by atoms with Crippen LogP contribution >= 0.6 is 0 Å². The molecule has 0 aromatic carbocycles. The third-order valence-electron chi connectivity index (χ3n) is 1.61. The van der Waals surface area contributed by atoms with Crippen molar-refractivity contribution in [3.63, 3.8) is 0 Å². The quantitative estimate of drug-likeness (QED) is 0.729. The largest absolute Gasteiger partial charge is 0.467 e. The summed E-state index contributed by atoms with van der Waals surface area (Å²) >= 11 is 0. The van der Waals surface area contributed by atoms with E-state index >= 15 is 0 Å². The monoisotopic (exact) mass is 170 g/mol. The van der Waals surface area contributed by atoms with Gasteiger partial charge < -0.3 is 14.3 Å². The van der Waals surface area contributed by atoms with Crippen molar-refractivity contribution in [1.82, 2.24) is 0 Å². The topological polar surface area (TPSA) is 42.6 Å². The normalized spacial score (nSPS) is 13.2. The maximum atomic E-state index is 9.13. The first kappa shape index (κ1) is 9.29. The van der Waals surface area contributed by atoms with E-state index in [2.05, 4.69) is 0 Å². The molecule has 0 saturated heterocycles. The van der Waals surface area contributed by atoms with Crippen LogP contribution in [-0.2, 0) is 11.3 Å². The van der Waals surface area contributed by atoms with E-state index in [0.29, 0.717) is 13.2 Å². The molecular formula is C9H14O3. The zero-order chi connectivity index (χ0) is 8.81. The lowest BCUT2D eigenvalue weighted by Gasteiger charge is -2.06. The molecule has 1 heterocycles. The molecular weight excluding hydrogens is 156 g/mol. The van der Waals surface area contributed by atoms with Gasteiger partial charge in [-0.15, -0.1) is 0 Å². The van der Waals surface area contributed by atoms with Crippen LogP contribution < -0.4 is 0 Å². The molecule has 0 aliphatic heterocycles. The molecule has 3 heteroatoms. The molecule has 0 bridgehead atoms. The molecule has 12 heavy (non-hydrogen) atoms. The van der Waals surface area contributed by atoms with Gasteiger partial charge in [-0.3, -0.25) is 0 Å². The first-order valence-electron chi connectivity index (χ1n) is 4.11. The Morgan fingerprint density at radius 1 is 1.67 bits per heavy atom. The lowest BCUT2D eigenvalue weighted by molar-refractivity contribution is 0.0208. The summed E-state index contributed by atoms with van der Waals surface area (Å²) in [5.41, 5.74) is 0. The van der Waals surface area contributed by atoms with E-state index in [9.17, 15) is 0 Å². The Hall–Kier alpha value is -0.800. The fraction of sp³-hybridized carbons (Fsp3) is 0.556. The molecule has 1 rings (SSSR count). The molecule has 0 fully saturated rings. The van der Waals surface area contributed by atoms with Crippen LogP contribution in [0, 0.1) is 0 Å². The maximum absolute atomic E-state index is 9.13. The molecule has 1 atom stereocenters. The summed E-state index contributed by atoms with van der Waals surface area (Å²) in [5, 5.41) is 9.13. The van der Waals surface area contributed by atoms with Gasteiger partial charge in [-0.1, -0.05) is 6.92 Å². The average Bonchev–Trinajstić information content (AvgIpc) is 2.57. The summed E-state index contributed by atoms with van der Waals surface area (Å²) in [4.78, 5) is 0. The van der Waals surface area contributed by atoms with Gasteiger partial charge in [-0.2, -0.15) is 0 Å². The second-order valence-corrected chi connectivity index (χ2v) is 2.66. The summed E-state index contributed by atoms with van der Waals surface area (Å²) in [6.07, 6.45) is 1.97. The van der Waals surface area contributed by atoms with Crippen molar-refractivity contribution in [2.24, 2.45) is 0 Å². The standard InChI is InChI=1S/C9H14O3/c1-2-8(10)6-11-7-9-4-3-5-12-9/h3-5,8,10H,2,6-7H2,1H3. The van der Waals surface area contributed by atoms with E-state index in [1.165, 1.54) is 0 Å². The van der Waals surface area contributed by atoms with Crippen molar-refractivity contribution >= 4 is 0 Å². The third kappa shape index (κ3) is 3.07. The van der Waals surface area contributed by atoms with Crippen LogP contribution in [0.25, 0.3) is 0 Å². The van der Waals surface area contributed by atoms with Crippen LogP contribution in [0.1, 0.15) is 19.1 Å². The Balaban J connectivity index is 2.11. The maximum Gasteiger partial charge on any atom is 0.129 e. The molecule has 0 radical (unpaired) electrons. The fourth-order valence-corrected chi connectivity index (χ4v) is 0.808.